The zero-order valence-electron chi connectivity index (χ0n) is 9.10. The van der Waals surface area contributed by atoms with Crippen LogP contribution in [0.4, 0.5) is 0 Å². The highest BCUT2D eigenvalue weighted by Crippen LogP contribution is 2.35. The molecule has 0 aliphatic carbocycles. The standard InChI is InChI=1S/C11H11NO4S/c1-12-5-7-6-17(15,16)10-8(7)3-2-4-9(10)11(13)14/h2-4,6,12H,5H2,1H3,(H,13,14). The quantitative estimate of drug-likeness (QED) is 0.829. The Balaban J connectivity index is 2.72. The van der Waals surface area contributed by atoms with Crippen LogP contribution in [0, 0.1) is 0 Å². The van der Waals surface area contributed by atoms with Gasteiger partial charge in [-0.2, -0.15) is 0 Å². The molecular weight excluding hydrogens is 242 g/mol. The van der Waals surface area contributed by atoms with Crippen LogP contribution < -0.4 is 5.32 Å². The van der Waals surface area contributed by atoms with Gasteiger partial charge in [-0.05, 0) is 24.3 Å². The van der Waals surface area contributed by atoms with Crippen LogP contribution in [0.2, 0.25) is 0 Å². The zero-order chi connectivity index (χ0) is 12.6. The Bertz CT molecular complexity index is 616. The molecule has 1 heterocycles. The van der Waals surface area contributed by atoms with Crippen molar-refractivity contribution in [3.8, 4) is 0 Å². The lowest BCUT2D eigenvalue weighted by Gasteiger charge is -2.05. The maximum atomic E-state index is 11.9. The van der Waals surface area contributed by atoms with Gasteiger partial charge in [0.15, 0.2) is 0 Å². The summed E-state index contributed by atoms with van der Waals surface area (Å²) in [4.78, 5) is 10.9. The highest BCUT2D eigenvalue weighted by atomic mass is 32.2. The normalized spacial score (nSPS) is 16.4. The minimum absolute atomic E-state index is 0.0993. The van der Waals surface area contributed by atoms with Crippen LogP contribution in [0.3, 0.4) is 0 Å². The average molecular weight is 253 g/mol. The van der Waals surface area contributed by atoms with E-state index in [1.54, 1.807) is 19.2 Å². The third-order valence-corrected chi connectivity index (χ3v) is 4.14. The fourth-order valence-corrected chi connectivity index (χ4v) is 3.57. The fourth-order valence-electron chi connectivity index (χ4n) is 1.90. The van der Waals surface area contributed by atoms with Gasteiger partial charge in [0.25, 0.3) is 0 Å². The second-order valence-corrected chi connectivity index (χ2v) is 5.44. The molecule has 2 N–H and O–H groups in total. The number of aromatic carboxylic acids is 1. The number of nitrogens with one attached hydrogen (secondary N) is 1. The topological polar surface area (TPSA) is 83.5 Å². The summed E-state index contributed by atoms with van der Waals surface area (Å²) in [5.41, 5.74) is 0.884. The number of fused-ring (bicyclic) bond motifs is 1. The molecule has 0 atom stereocenters. The number of benzene rings is 1. The van der Waals surface area contributed by atoms with Crippen LogP contribution >= 0.6 is 0 Å². The summed E-state index contributed by atoms with van der Waals surface area (Å²) in [6, 6.07) is 4.47. The molecule has 0 bridgehead atoms. The van der Waals surface area contributed by atoms with Gasteiger partial charge in [0.2, 0.25) is 9.84 Å². The van der Waals surface area contributed by atoms with Crippen molar-refractivity contribution >= 4 is 21.4 Å². The van der Waals surface area contributed by atoms with Crippen molar-refractivity contribution in [1.29, 1.82) is 0 Å². The number of hydrogen-bond donors (Lipinski definition) is 2. The maximum absolute atomic E-state index is 11.9. The predicted octanol–water partition coefficient (Wildman–Crippen LogP) is 0.732. The van der Waals surface area contributed by atoms with Gasteiger partial charge < -0.3 is 10.4 Å². The van der Waals surface area contributed by atoms with Crippen molar-refractivity contribution in [2.45, 2.75) is 4.90 Å². The summed E-state index contributed by atoms with van der Waals surface area (Å²) in [7, 11) is -1.93. The lowest BCUT2D eigenvalue weighted by Crippen LogP contribution is -2.09. The van der Waals surface area contributed by atoms with Gasteiger partial charge >= 0.3 is 5.97 Å². The van der Waals surface area contributed by atoms with Gasteiger partial charge in [0.1, 0.15) is 0 Å². The van der Waals surface area contributed by atoms with Crippen LogP contribution in [0.1, 0.15) is 15.9 Å². The zero-order valence-corrected chi connectivity index (χ0v) is 9.91. The molecule has 17 heavy (non-hydrogen) atoms. The van der Waals surface area contributed by atoms with Crippen LogP contribution in [0.5, 0.6) is 0 Å². The van der Waals surface area contributed by atoms with Gasteiger partial charge in [0, 0.05) is 12.0 Å². The molecule has 1 aromatic rings. The van der Waals surface area contributed by atoms with Crippen molar-refractivity contribution < 1.29 is 18.3 Å². The minimum atomic E-state index is -3.64. The van der Waals surface area contributed by atoms with Crippen LogP contribution in [-0.4, -0.2) is 33.1 Å². The van der Waals surface area contributed by atoms with Crippen LogP contribution in [-0.2, 0) is 9.84 Å². The maximum Gasteiger partial charge on any atom is 0.337 e. The fraction of sp³-hybridized carbons (Fsp3) is 0.182. The SMILES string of the molecule is CNCC1=CS(=O)(=O)c2c(C(=O)O)cccc21. The molecule has 0 aromatic heterocycles. The first-order chi connectivity index (χ1) is 7.97. The molecule has 1 aliphatic heterocycles. The Morgan fingerprint density at radius 2 is 2.12 bits per heavy atom. The van der Waals surface area contributed by atoms with Gasteiger partial charge in [-0.15, -0.1) is 0 Å². The molecule has 0 fully saturated rings. The van der Waals surface area contributed by atoms with E-state index < -0.39 is 15.8 Å². The summed E-state index contributed by atoms with van der Waals surface area (Å²) < 4.78 is 23.8. The van der Waals surface area contributed by atoms with Crippen LogP contribution in [0.25, 0.3) is 5.57 Å². The minimum Gasteiger partial charge on any atom is -0.478 e. The molecule has 1 aromatic carbocycles. The molecule has 0 radical (unpaired) electrons. The Morgan fingerprint density at radius 3 is 2.71 bits per heavy atom. The first-order valence-electron chi connectivity index (χ1n) is 4.94. The Labute approximate surface area is 98.7 Å². The number of likely N-dealkylation sites (N-methyl/N-ethyl adjacent to an activating group) is 1. The largest absolute Gasteiger partial charge is 0.478 e. The predicted molar refractivity (Wildman–Crippen MR) is 62.5 cm³/mol. The molecule has 1 aliphatic rings. The molecule has 6 heteroatoms. The van der Waals surface area contributed by atoms with E-state index in [4.69, 9.17) is 5.11 Å². The second kappa shape index (κ2) is 3.97. The molecule has 90 valence electrons. The molecule has 0 unspecified atom stereocenters. The smallest absolute Gasteiger partial charge is 0.337 e. The van der Waals surface area contributed by atoms with Gasteiger partial charge in [-0.3, -0.25) is 0 Å². The third kappa shape index (κ3) is 1.85. The second-order valence-electron chi connectivity index (χ2n) is 3.71. The number of sulfone groups is 1. The molecular formula is C11H11NO4S. The summed E-state index contributed by atoms with van der Waals surface area (Å²) in [5, 5.41) is 13.0. The first kappa shape index (κ1) is 11.8. The Kier molecular flexibility index (Phi) is 2.76. The first-order valence-corrected chi connectivity index (χ1v) is 6.49. The van der Waals surface area contributed by atoms with Crippen molar-refractivity contribution in [1.82, 2.24) is 5.32 Å². The van der Waals surface area contributed by atoms with Crippen molar-refractivity contribution in [2.75, 3.05) is 13.6 Å². The summed E-state index contributed by atoms with van der Waals surface area (Å²) >= 11 is 0. The molecule has 0 amide bonds. The molecule has 0 saturated carbocycles. The lowest BCUT2D eigenvalue weighted by atomic mass is 10.0. The van der Waals surface area contributed by atoms with E-state index in [1.807, 2.05) is 0 Å². The molecule has 5 nitrogen and oxygen atoms in total. The van der Waals surface area contributed by atoms with E-state index in [0.717, 1.165) is 5.41 Å². The van der Waals surface area contributed by atoms with E-state index in [1.165, 1.54) is 6.07 Å². The highest BCUT2D eigenvalue weighted by Gasteiger charge is 2.31. The highest BCUT2D eigenvalue weighted by molar-refractivity contribution is 7.95. The summed E-state index contributed by atoms with van der Waals surface area (Å²) in [6.07, 6.45) is 0. The van der Waals surface area contributed by atoms with Gasteiger partial charge in [-0.1, -0.05) is 12.1 Å². The Morgan fingerprint density at radius 1 is 1.41 bits per heavy atom. The van der Waals surface area contributed by atoms with E-state index >= 15 is 0 Å². The van der Waals surface area contributed by atoms with Crippen molar-refractivity contribution in [2.24, 2.45) is 0 Å². The number of carboxylic acids is 1. The van der Waals surface area contributed by atoms with Gasteiger partial charge in [-0.25, -0.2) is 13.2 Å². The van der Waals surface area contributed by atoms with Crippen molar-refractivity contribution in [3.63, 3.8) is 0 Å². The number of rotatable bonds is 3. The average Bonchev–Trinajstić information content (AvgIpc) is 2.51. The third-order valence-electron chi connectivity index (χ3n) is 2.54. The van der Waals surface area contributed by atoms with E-state index in [2.05, 4.69) is 5.32 Å². The monoisotopic (exact) mass is 253 g/mol. The molecule has 0 saturated heterocycles. The van der Waals surface area contributed by atoms with Crippen LogP contribution in [0.15, 0.2) is 28.5 Å². The Hall–Kier alpha value is -1.66. The van der Waals surface area contributed by atoms with E-state index in [-0.39, 0.29) is 10.5 Å². The number of carboxylic acid groups (broad SMARTS) is 1. The molecule has 0 spiro atoms. The summed E-state index contributed by atoms with van der Waals surface area (Å²) in [5.74, 6) is -1.23. The summed E-state index contributed by atoms with van der Waals surface area (Å²) in [6.45, 7) is 0.384. The van der Waals surface area contributed by atoms with Gasteiger partial charge in [0.05, 0.1) is 10.5 Å². The van der Waals surface area contributed by atoms with E-state index in [0.29, 0.717) is 17.7 Å². The number of hydrogen-bond acceptors (Lipinski definition) is 4. The van der Waals surface area contributed by atoms with Crippen molar-refractivity contribution in [3.05, 3.63) is 34.7 Å². The molecule has 2 rings (SSSR count). The van der Waals surface area contributed by atoms with E-state index in [9.17, 15) is 13.2 Å². The number of carbonyl (C=O) groups is 1. The lowest BCUT2D eigenvalue weighted by molar-refractivity contribution is 0.0692.